The van der Waals surface area contributed by atoms with Gasteiger partial charge in [-0.15, -0.1) is 5.92 Å². The third kappa shape index (κ3) is 5.29. The highest BCUT2D eigenvalue weighted by Gasteiger charge is 2.22. The molecule has 2 aromatic rings. The molecule has 1 heterocycles. The molecule has 2 aromatic carbocycles. The third-order valence-corrected chi connectivity index (χ3v) is 4.48. The summed E-state index contributed by atoms with van der Waals surface area (Å²) in [4.78, 5) is 22.5. The van der Waals surface area contributed by atoms with Crippen molar-refractivity contribution in [3.63, 3.8) is 0 Å². The Kier molecular flexibility index (Phi) is 6.40. The van der Waals surface area contributed by atoms with E-state index in [0.29, 0.717) is 29.4 Å². The van der Waals surface area contributed by atoms with Crippen molar-refractivity contribution in [2.45, 2.75) is 32.3 Å². The molecule has 6 nitrogen and oxygen atoms in total. The molecule has 0 spiro atoms. The minimum atomic E-state index is -0.888. The van der Waals surface area contributed by atoms with Gasteiger partial charge in [0.1, 0.15) is 19.0 Å². The van der Waals surface area contributed by atoms with Gasteiger partial charge in [0.25, 0.3) is 0 Å². The van der Waals surface area contributed by atoms with E-state index in [1.807, 2.05) is 12.1 Å². The second-order valence-corrected chi connectivity index (χ2v) is 6.69. The van der Waals surface area contributed by atoms with Gasteiger partial charge in [-0.3, -0.25) is 9.59 Å². The van der Waals surface area contributed by atoms with Gasteiger partial charge in [0, 0.05) is 5.56 Å². The first-order chi connectivity index (χ1) is 14.0. The van der Waals surface area contributed by atoms with Gasteiger partial charge < -0.3 is 19.3 Å². The first kappa shape index (κ1) is 20.3. The molecule has 0 saturated heterocycles. The summed E-state index contributed by atoms with van der Waals surface area (Å²) in [5.41, 5.74) is 1.40. The van der Waals surface area contributed by atoms with Crippen molar-refractivity contribution in [1.82, 2.24) is 0 Å². The summed E-state index contributed by atoms with van der Waals surface area (Å²) in [6.07, 6.45) is -0.356. The van der Waals surface area contributed by atoms with Gasteiger partial charge in [0.2, 0.25) is 0 Å². The predicted octanol–water partition coefficient (Wildman–Crippen LogP) is 3.69. The molecular weight excluding hydrogens is 372 g/mol. The molecule has 0 fully saturated rings. The number of Topliss-reactive ketones (excluding diaryl/α,β-unsaturated/α-hetero) is 1. The van der Waals surface area contributed by atoms with Gasteiger partial charge in [-0.1, -0.05) is 18.1 Å². The van der Waals surface area contributed by atoms with Crippen molar-refractivity contribution in [3.8, 4) is 29.1 Å². The Labute approximate surface area is 169 Å². The van der Waals surface area contributed by atoms with Crippen LogP contribution in [0.2, 0.25) is 0 Å². The number of hydrogen-bond donors (Lipinski definition) is 1. The van der Waals surface area contributed by atoms with Crippen LogP contribution in [0, 0.1) is 11.8 Å². The number of carboxylic acid groups (broad SMARTS) is 1. The molecular formula is C23H22O6. The molecule has 0 aliphatic carbocycles. The lowest BCUT2D eigenvalue weighted by Gasteiger charge is -2.26. The van der Waals surface area contributed by atoms with Crippen molar-refractivity contribution in [3.05, 3.63) is 53.6 Å². The quantitative estimate of drug-likeness (QED) is 0.570. The zero-order valence-corrected chi connectivity index (χ0v) is 16.3. The summed E-state index contributed by atoms with van der Waals surface area (Å²) in [6, 6.07) is 12.3. The number of hydrogen-bond acceptors (Lipinski definition) is 5. The van der Waals surface area contributed by atoms with Crippen LogP contribution in [-0.4, -0.2) is 36.2 Å². The number of carbonyl (C=O) groups is 2. The molecule has 29 heavy (non-hydrogen) atoms. The first-order valence-electron chi connectivity index (χ1n) is 9.27. The number of benzene rings is 2. The maximum atomic E-state index is 11.5. The van der Waals surface area contributed by atoms with Gasteiger partial charge in [-0.25, -0.2) is 0 Å². The maximum absolute atomic E-state index is 11.5. The van der Waals surface area contributed by atoms with Gasteiger partial charge >= 0.3 is 5.97 Å². The summed E-state index contributed by atoms with van der Waals surface area (Å²) in [5.74, 6) is 6.20. The van der Waals surface area contributed by atoms with Gasteiger partial charge in [0.15, 0.2) is 23.4 Å². The molecule has 0 saturated carbocycles. The molecule has 0 bridgehead atoms. The third-order valence-electron chi connectivity index (χ3n) is 4.48. The van der Waals surface area contributed by atoms with E-state index in [4.69, 9.17) is 19.3 Å². The molecule has 150 valence electrons. The Morgan fingerprint density at radius 1 is 1.21 bits per heavy atom. The number of ether oxygens (including phenoxy) is 3. The van der Waals surface area contributed by atoms with Crippen molar-refractivity contribution >= 4 is 11.8 Å². The zero-order chi connectivity index (χ0) is 20.8. The second kappa shape index (κ2) is 9.16. The first-order valence-corrected chi connectivity index (χ1v) is 9.27. The predicted molar refractivity (Wildman–Crippen MR) is 107 cm³/mol. The molecule has 1 aliphatic rings. The average molecular weight is 394 g/mol. The van der Waals surface area contributed by atoms with E-state index in [1.54, 1.807) is 37.3 Å². The normalized spacial score (nSPS) is 15.6. The van der Waals surface area contributed by atoms with E-state index in [1.165, 1.54) is 6.92 Å². The summed E-state index contributed by atoms with van der Waals surface area (Å²) in [6.45, 7) is 3.81. The number of carboxylic acids is 1. The summed E-state index contributed by atoms with van der Waals surface area (Å²) in [5, 5.41) is 9.04. The van der Waals surface area contributed by atoms with Gasteiger partial charge in [-0.2, -0.15) is 0 Å². The molecule has 1 N–H and O–H groups in total. The molecule has 2 atom stereocenters. The smallest absolute Gasteiger partial charge is 0.304 e. The van der Waals surface area contributed by atoms with Crippen LogP contribution in [0.5, 0.6) is 17.2 Å². The number of ketones is 1. The lowest BCUT2D eigenvalue weighted by Crippen LogP contribution is -2.34. The van der Waals surface area contributed by atoms with Crippen molar-refractivity contribution in [2.75, 3.05) is 13.2 Å². The minimum absolute atomic E-state index is 0.0381. The van der Waals surface area contributed by atoms with Crippen LogP contribution in [0.1, 0.15) is 42.1 Å². The molecule has 0 aromatic heterocycles. The monoisotopic (exact) mass is 394 g/mol. The summed E-state index contributed by atoms with van der Waals surface area (Å²) < 4.78 is 17.4. The fourth-order valence-electron chi connectivity index (χ4n) is 3.00. The summed E-state index contributed by atoms with van der Waals surface area (Å²) in [7, 11) is 0. The summed E-state index contributed by atoms with van der Waals surface area (Å²) >= 11 is 0. The Balaban J connectivity index is 1.60. The van der Waals surface area contributed by atoms with Crippen molar-refractivity contribution in [1.29, 1.82) is 0 Å². The highest BCUT2D eigenvalue weighted by atomic mass is 16.6. The maximum Gasteiger partial charge on any atom is 0.304 e. The molecule has 1 unspecified atom stereocenters. The van der Waals surface area contributed by atoms with E-state index < -0.39 is 5.97 Å². The number of fused-ring (bicyclic) bond motifs is 1. The minimum Gasteiger partial charge on any atom is -0.490 e. The molecule has 1 aliphatic heterocycles. The Bertz CT molecular complexity index is 952. The fourth-order valence-corrected chi connectivity index (χ4v) is 3.00. The van der Waals surface area contributed by atoms with Crippen molar-refractivity contribution in [2.24, 2.45) is 0 Å². The highest BCUT2D eigenvalue weighted by Crippen LogP contribution is 2.33. The molecule has 0 amide bonds. The standard InChI is InChI=1S/C23H22O6/c1-3-4-18(12-23(25)26)16-5-8-19(9-6-16)27-13-20-14-28-21-10-7-17(15(2)24)11-22(21)29-20/h5-11,18,20H,12-14H2,1-2H3,(H,25,26)/t18?,20-/m0/s1. The second-order valence-electron chi connectivity index (χ2n) is 6.69. The lowest BCUT2D eigenvalue weighted by atomic mass is 9.96. The van der Waals surface area contributed by atoms with Crippen LogP contribution < -0.4 is 14.2 Å². The van der Waals surface area contributed by atoms with Crippen LogP contribution in [0.3, 0.4) is 0 Å². The Hall–Kier alpha value is -3.46. The Morgan fingerprint density at radius 3 is 2.62 bits per heavy atom. The van der Waals surface area contributed by atoms with Gasteiger partial charge in [0.05, 0.1) is 12.3 Å². The van der Waals surface area contributed by atoms with E-state index in [2.05, 4.69) is 11.8 Å². The molecule has 3 rings (SSSR count). The average Bonchev–Trinajstić information content (AvgIpc) is 2.71. The van der Waals surface area contributed by atoms with E-state index in [-0.39, 0.29) is 30.8 Å². The van der Waals surface area contributed by atoms with Crippen LogP contribution in [0.4, 0.5) is 0 Å². The van der Waals surface area contributed by atoms with Gasteiger partial charge in [-0.05, 0) is 49.7 Å². The van der Waals surface area contributed by atoms with Crippen LogP contribution >= 0.6 is 0 Å². The van der Waals surface area contributed by atoms with Crippen LogP contribution in [0.15, 0.2) is 42.5 Å². The van der Waals surface area contributed by atoms with Crippen LogP contribution in [0.25, 0.3) is 0 Å². The number of rotatable bonds is 7. The lowest BCUT2D eigenvalue weighted by molar-refractivity contribution is -0.137. The SMILES string of the molecule is CC#CC(CC(=O)O)c1ccc(OC[C@H]2COc3ccc(C(C)=O)cc3O2)cc1. The Morgan fingerprint density at radius 2 is 1.97 bits per heavy atom. The molecule has 0 radical (unpaired) electrons. The largest absolute Gasteiger partial charge is 0.490 e. The fraction of sp³-hybridized carbons (Fsp3) is 0.304. The van der Waals surface area contributed by atoms with E-state index in [0.717, 1.165) is 5.56 Å². The number of aliphatic carboxylic acids is 1. The molecule has 6 heteroatoms. The van der Waals surface area contributed by atoms with Crippen molar-refractivity contribution < 1.29 is 28.9 Å². The number of carbonyl (C=O) groups excluding carboxylic acids is 1. The van der Waals surface area contributed by atoms with Crippen LogP contribution in [-0.2, 0) is 4.79 Å². The highest BCUT2D eigenvalue weighted by molar-refractivity contribution is 5.94. The zero-order valence-electron chi connectivity index (χ0n) is 16.3. The van der Waals surface area contributed by atoms with E-state index >= 15 is 0 Å². The van der Waals surface area contributed by atoms with E-state index in [9.17, 15) is 9.59 Å². The topological polar surface area (TPSA) is 82.1 Å².